The van der Waals surface area contributed by atoms with Crippen LogP contribution in [0.15, 0.2) is 28.7 Å². The van der Waals surface area contributed by atoms with Gasteiger partial charge in [0.2, 0.25) is 0 Å². The molecule has 1 aromatic carbocycles. The van der Waals surface area contributed by atoms with E-state index < -0.39 is 0 Å². The number of halogens is 1. The van der Waals surface area contributed by atoms with E-state index in [1.54, 1.807) is 4.68 Å². The van der Waals surface area contributed by atoms with E-state index in [0.29, 0.717) is 6.54 Å². The summed E-state index contributed by atoms with van der Waals surface area (Å²) in [5.41, 5.74) is 6.47. The summed E-state index contributed by atoms with van der Waals surface area (Å²) in [6, 6.07) is 7.90. The van der Waals surface area contributed by atoms with Crippen molar-refractivity contribution in [2.24, 2.45) is 5.73 Å². The van der Waals surface area contributed by atoms with E-state index in [-0.39, 0.29) is 0 Å². The smallest absolute Gasteiger partial charge is 0.182 e. The van der Waals surface area contributed by atoms with Crippen molar-refractivity contribution in [1.82, 2.24) is 20.2 Å². The number of aryl methyl sites for hydroxylation is 1. The minimum atomic E-state index is 0.639. The molecule has 2 aromatic rings. The molecule has 84 valence electrons. The highest BCUT2D eigenvalue weighted by Crippen LogP contribution is 2.18. The van der Waals surface area contributed by atoms with Crippen LogP contribution in [0, 0.1) is 0 Å². The van der Waals surface area contributed by atoms with Crippen LogP contribution in [0.1, 0.15) is 6.42 Å². The lowest BCUT2D eigenvalue weighted by atomic mass is 10.2. The first kappa shape index (κ1) is 11.2. The van der Waals surface area contributed by atoms with E-state index in [9.17, 15) is 0 Å². The van der Waals surface area contributed by atoms with E-state index in [4.69, 9.17) is 5.73 Å². The minimum Gasteiger partial charge on any atom is -0.330 e. The normalized spacial score (nSPS) is 10.6. The van der Waals surface area contributed by atoms with Gasteiger partial charge in [-0.2, -0.15) is 0 Å². The second kappa shape index (κ2) is 5.18. The van der Waals surface area contributed by atoms with Crippen LogP contribution in [-0.2, 0) is 6.54 Å². The number of rotatable bonds is 4. The third-order valence-corrected chi connectivity index (χ3v) is 2.74. The van der Waals surface area contributed by atoms with Gasteiger partial charge in [-0.1, -0.05) is 28.1 Å². The highest BCUT2D eigenvalue weighted by atomic mass is 79.9. The molecule has 0 saturated carbocycles. The van der Waals surface area contributed by atoms with Gasteiger partial charge >= 0.3 is 0 Å². The zero-order chi connectivity index (χ0) is 11.4. The molecule has 0 bridgehead atoms. The van der Waals surface area contributed by atoms with Gasteiger partial charge in [0.25, 0.3) is 0 Å². The molecular weight excluding hydrogens is 270 g/mol. The Hall–Kier alpha value is -1.27. The topological polar surface area (TPSA) is 69.6 Å². The van der Waals surface area contributed by atoms with Gasteiger partial charge in [0.05, 0.1) is 0 Å². The number of aromatic nitrogens is 4. The van der Waals surface area contributed by atoms with E-state index in [1.165, 1.54) is 0 Å². The zero-order valence-corrected chi connectivity index (χ0v) is 10.3. The van der Waals surface area contributed by atoms with E-state index >= 15 is 0 Å². The van der Waals surface area contributed by atoms with E-state index in [1.807, 2.05) is 24.3 Å². The maximum Gasteiger partial charge on any atom is 0.182 e. The lowest BCUT2D eigenvalue weighted by Crippen LogP contribution is -2.08. The van der Waals surface area contributed by atoms with Gasteiger partial charge < -0.3 is 5.73 Å². The second-order valence-corrected chi connectivity index (χ2v) is 4.29. The van der Waals surface area contributed by atoms with Crippen molar-refractivity contribution >= 4 is 15.9 Å². The molecule has 2 rings (SSSR count). The Morgan fingerprint density at radius 2 is 2.00 bits per heavy atom. The molecule has 0 aliphatic rings. The Labute approximate surface area is 102 Å². The first-order valence-electron chi connectivity index (χ1n) is 5.03. The summed E-state index contributed by atoms with van der Waals surface area (Å²) < 4.78 is 2.81. The fourth-order valence-electron chi connectivity index (χ4n) is 1.40. The van der Waals surface area contributed by atoms with Crippen molar-refractivity contribution in [2.75, 3.05) is 6.54 Å². The first-order valence-corrected chi connectivity index (χ1v) is 5.83. The van der Waals surface area contributed by atoms with Crippen LogP contribution < -0.4 is 5.73 Å². The lowest BCUT2D eigenvalue weighted by molar-refractivity contribution is 0.568. The van der Waals surface area contributed by atoms with Crippen LogP contribution in [0.2, 0.25) is 0 Å². The Morgan fingerprint density at radius 1 is 1.25 bits per heavy atom. The predicted molar refractivity (Wildman–Crippen MR) is 64.6 cm³/mol. The molecule has 0 amide bonds. The summed E-state index contributed by atoms with van der Waals surface area (Å²) in [5, 5.41) is 11.6. The van der Waals surface area contributed by atoms with Gasteiger partial charge in [-0.15, -0.1) is 5.10 Å². The largest absolute Gasteiger partial charge is 0.330 e. The predicted octanol–water partition coefficient (Wildman–Crippen LogP) is 1.45. The van der Waals surface area contributed by atoms with Gasteiger partial charge in [-0.3, -0.25) is 0 Å². The van der Waals surface area contributed by atoms with Crippen LogP contribution in [0.4, 0.5) is 0 Å². The van der Waals surface area contributed by atoms with Crippen molar-refractivity contribution in [1.29, 1.82) is 0 Å². The summed E-state index contributed by atoms with van der Waals surface area (Å²) >= 11 is 3.39. The zero-order valence-electron chi connectivity index (χ0n) is 8.67. The SMILES string of the molecule is NCCCn1nnnc1-c1ccc(Br)cc1. The van der Waals surface area contributed by atoms with Gasteiger partial charge in [-0.05, 0) is 35.5 Å². The molecule has 0 radical (unpaired) electrons. The molecule has 0 unspecified atom stereocenters. The van der Waals surface area contributed by atoms with Gasteiger partial charge in [0, 0.05) is 16.6 Å². The Bertz CT molecular complexity index is 450. The number of nitrogens with two attached hydrogens (primary N) is 1. The molecule has 5 nitrogen and oxygen atoms in total. The van der Waals surface area contributed by atoms with Crippen molar-refractivity contribution in [3.8, 4) is 11.4 Å². The summed E-state index contributed by atoms with van der Waals surface area (Å²) in [4.78, 5) is 0. The Balaban J connectivity index is 2.26. The molecule has 0 fully saturated rings. The molecule has 6 heteroatoms. The van der Waals surface area contributed by atoms with Gasteiger partial charge in [0.15, 0.2) is 5.82 Å². The van der Waals surface area contributed by atoms with E-state index in [2.05, 4.69) is 31.5 Å². The first-order chi connectivity index (χ1) is 7.81. The Kier molecular flexibility index (Phi) is 3.63. The number of hydrogen-bond acceptors (Lipinski definition) is 4. The number of benzene rings is 1. The molecule has 0 aliphatic carbocycles. The molecule has 0 saturated heterocycles. The molecule has 1 aromatic heterocycles. The van der Waals surface area contributed by atoms with Crippen LogP contribution >= 0.6 is 15.9 Å². The molecule has 0 atom stereocenters. The quantitative estimate of drug-likeness (QED) is 0.921. The summed E-state index contributed by atoms with van der Waals surface area (Å²) in [6.07, 6.45) is 0.870. The van der Waals surface area contributed by atoms with Crippen molar-refractivity contribution in [2.45, 2.75) is 13.0 Å². The molecular formula is C10H12BrN5. The standard InChI is InChI=1S/C10H12BrN5/c11-9-4-2-8(3-5-9)10-13-14-15-16(10)7-1-6-12/h2-5H,1,6-7,12H2. The van der Waals surface area contributed by atoms with Crippen LogP contribution in [0.3, 0.4) is 0 Å². The molecule has 2 N–H and O–H groups in total. The van der Waals surface area contributed by atoms with Crippen LogP contribution in [0.5, 0.6) is 0 Å². The molecule has 0 aliphatic heterocycles. The fraction of sp³-hybridized carbons (Fsp3) is 0.300. The molecule has 16 heavy (non-hydrogen) atoms. The van der Waals surface area contributed by atoms with Crippen molar-refractivity contribution < 1.29 is 0 Å². The van der Waals surface area contributed by atoms with Crippen molar-refractivity contribution in [3.05, 3.63) is 28.7 Å². The number of hydrogen-bond donors (Lipinski definition) is 1. The van der Waals surface area contributed by atoms with Crippen LogP contribution in [0.25, 0.3) is 11.4 Å². The monoisotopic (exact) mass is 281 g/mol. The van der Waals surface area contributed by atoms with Gasteiger partial charge in [-0.25, -0.2) is 4.68 Å². The highest BCUT2D eigenvalue weighted by molar-refractivity contribution is 9.10. The number of nitrogens with zero attached hydrogens (tertiary/aromatic N) is 4. The van der Waals surface area contributed by atoms with E-state index in [0.717, 1.165) is 28.8 Å². The molecule has 0 spiro atoms. The average Bonchev–Trinajstić information content (AvgIpc) is 2.75. The molecule has 1 heterocycles. The number of tetrazole rings is 1. The van der Waals surface area contributed by atoms with Crippen molar-refractivity contribution in [3.63, 3.8) is 0 Å². The maximum absolute atomic E-state index is 5.47. The Morgan fingerprint density at radius 3 is 2.69 bits per heavy atom. The summed E-state index contributed by atoms with van der Waals surface area (Å²) in [5.74, 6) is 0.779. The third kappa shape index (κ3) is 2.45. The van der Waals surface area contributed by atoms with Crippen LogP contribution in [-0.4, -0.2) is 26.8 Å². The fourth-order valence-corrected chi connectivity index (χ4v) is 1.67. The average molecular weight is 282 g/mol. The lowest BCUT2D eigenvalue weighted by Gasteiger charge is -2.03. The third-order valence-electron chi connectivity index (χ3n) is 2.21. The van der Waals surface area contributed by atoms with Gasteiger partial charge in [0.1, 0.15) is 0 Å². The minimum absolute atomic E-state index is 0.639. The second-order valence-electron chi connectivity index (χ2n) is 3.37. The summed E-state index contributed by atoms with van der Waals surface area (Å²) in [7, 11) is 0. The maximum atomic E-state index is 5.47. The summed E-state index contributed by atoms with van der Waals surface area (Å²) in [6.45, 7) is 1.38. The highest BCUT2D eigenvalue weighted by Gasteiger charge is 2.07.